The van der Waals surface area contributed by atoms with E-state index in [9.17, 15) is 14.3 Å². The van der Waals surface area contributed by atoms with E-state index in [4.69, 9.17) is 4.74 Å². The molecule has 2 unspecified atom stereocenters. The Morgan fingerprint density at radius 1 is 1.52 bits per heavy atom. The number of halogens is 1. The Morgan fingerprint density at radius 3 is 3.00 bits per heavy atom. The van der Waals surface area contributed by atoms with Crippen LogP contribution in [0.3, 0.4) is 0 Å². The molecule has 1 aromatic carbocycles. The fourth-order valence-corrected chi connectivity index (χ4v) is 2.81. The molecule has 0 spiro atoms. The van der Waals surface area contributed by atoms with Crippen molar-refractivity contribution in [3.63, 3.8) is 0 Å². The number of hydrogen-bond donors (Lipinski definition) is 2. The quantitative estimate of drug-likeness (QED) is 0.876. The number of ether oxygens (including phenoxy) is 1. The molecule has 21 heavy (non-hydrogen) atoms. The van der Waals surface area contributed by atoms with Crippen molar-refractivity contribution in [1.29, 1.82) is 0 Å². The third-order valence-corrected chi connectivity index (χ3v) is 3.88. The van der Waals surface area contributed by atoms with E-state index >= 15 is 0 Å². The number of para-hydroxylation sites is 1. The summed E-state index contributed by atoms with van der Waals surface area (Å²) >= 11 is 0. The smallest absolute Gasteiger partial charge is 0.258 e. The fraction of sp³-hybridized carbons (Fsp3) is 0.562. The molecule has 1 aromatic rings. The maximum atomic E-state index is 13.3. The van der Waals surface area contributed by atoms with Gasteiger partial charge in [0, 0.05) is 6.54 Å². The Labute approximate surface area is 124 Å². The van der Waals surface area contributed by atoms with Gasteiger partial charge < -0.3 is 15.2 Å². The summed E-state index contributed by atoms with van der Waals surface area (Å²) in [6, 6.07) is 5.95. The second-order valence-corrected chi connectivity index (χ2v) is 5.92. The average molecular weight is 295 g/mol. The summed E-state index contributed by atoms with van der Waals surface area (Å²) in [5, 5.41) is 13.1. The molecule has 2 atom stereocenters. The molecule has 1 aliphatic carbocycles. The van der Waals surface area contributed by atoms with Crippen molar-refractivity contribution in [2.24, 2.45) is 5.92 Å². The van der Waals surface area contributed by atoms with Crippen molar-refractivity contribution < 1.29 is 19.0 Å². The van der Waals surface area contributed by atoms with E-state index in [0.717, 1.165) is 12.8 Å². The molecule has 4 nitrogen and oxygen atoms in total. The first-order chi connectivity index (χ1) is 9.98. The number of rotatable bonds is 5. The van der Waals surface area contributed by atoms with E-state index in [1.807, 2.05) is 0 Å². The van der Waals surface area contributed by atoms with Crippen molar-refractivity contribution in [3.8, 4) is 5.75 Å². The van der Waals surface area contributed by atoms with Crippen molar-refractivity contribution in [1.82, 2.24) is 5.32 Å². The summed E-state index contributed by atoms with van der Waals surface area (Å²) < 4.78 is 18.4. The average Bonchev–Trinajstić information content (AvgIpc) is 2.44. The summed E-state index contributed by atoms with van der Waals surface area (Å²) in [6.07, 6.45) is 3.49. The summed E-state index contributed by atoms with van der Waals surface area (Å²) in [5.41, 5.74) is -0.828. The van der Waals surface area contributed by atoms with Crippen LogP contribution in [-0.2, 0) is 4.79 Å². The van der Waals surface area contributed by atoms with Crippen LogP contribution in [0.1, 0.15) is 32.6 Å². The molecule has 1 aliphatic rings. The van der Waals surface area contributed by atoms with E-state index in [1.165, 1.54) is 12.1 Å². The van der Waals surface area contributed by atoms with Gasteiger partial charge in [0.05, 0.1) is 5.60 Å². The Hall–Kier alpha value is -1.62. The second kappa shape index (κ2) is 6.89. The predicted octanol–water partition coefficient (Wildman–Crippen LogP) is 2.26. The van der Waals surface area contributed by atoms with Crippen LogP contribution in [0, 0.1) is 11.7 Å². The van der Waals surface area contributed by atoms with Crippen LogP contribution in [-0.4, -0.2) is 29.8 Å². The Morgan fingerprint density at radius 2 is 2.29 bits per heavy atom. The third kappa shape index (κ3) is 4.70. The molecule has 0 aromatic heterocycles. The van der Waals surface area contributed by atoms with Gasteiger partial charge in [-0.1, -0.05) is 31.9 Å². The van der Waals surface area contributed by atoms with Gasteiger partial charge in [0.2, 0.25) is 0 Å². The zero-order valence-electron chi connectivity index (χ0n) is 12.3. The van der Waals surface area contributed by atoms with E-state index in [-0.39, 0.29) is 24.8 Å². The van der Waals surface area contributed by atoms with Crippen LogP contribution < -0.4 is 10.1 Å². The summed E-state index contributed by atoms with van der Waals surface area (Å²) in [5.74, 6) is -0.331. The van der Waals surface area contributed by atoms with Crippen molar-refractivity contribution >= 4 is 5.91 Å². The molecule has 1 saturated carbocycles. The summed E-state index contributed by atoms with van der Waals surface area (Å²) in [6.45, 7) is 2.07. The van der Waals surface area contributed by atoms with Crippen molar-refractivity contribution in [2.45, 2.75) is 38.2 Å². The first kappa shape index (κ1) is 15.8. The number of carbonyl (C=O) groups excluding carboxylic acids is 1. The minimum atomic E-state index is -0.828. The molecule has 2 rings (SSSR count). The lowest BCUT2D eigenvalue weighted by molar-refractivity contribution is -0.125. The highest BCUT2D eigenvalue weighted by molar-refractivity contribution is 5.77. The van der Waals surface area contributed by atoms with Gasteiger partial charge in [0.1, 0.15) is 0 Å². The Balaban J connectivity index is 1.76. The minimum absolute atomic E-state index is 0.0534. The minimum Gasteiger partial charge on any atom is -0.481 e. The number of hydrogen-bond acceptors (Lipinski definition) is 3. The van der Waals surface area contributed by atoms with E-state index < -0.39 is 11.4 Å². The molecule has 2 N–H and O–H groups in total. The first-order valence-corrected chi connectivity index (χ1v) is 7.35. The number of aliphatic hydroxyl groups is 1. The molecular formula is C16H22FNO3. The SMILES string of the molecule is CC1CCCC(O)(CNC(=O)COc2ccccc2F)C1. The molecule has 0 saturated heterocycles. The van der Waals surface area contributed by atoms with Crippen LogP contribution in [0.5, 0.6) is 5.75 Å². The lowest BCUT2D eigenvalue weighted by atomic mass is 9.79. The normalized spacial score (nSPS) is 25.4. The predicted molar refractivity (Wildman–Crippen MR) is 77.5 cm³/mol. The number of amides is 1. The highest BCUT2D eigenvalue weighted by Gasteiger charge is 2.32. The van der Waals surface area contributed by atoms with E-state index in [0.29, 0.717) is 18.8 Å². The monoisotopic (exact) mass is 295 g/mol. The maximum absolute atomic E-state index is 13.3. The number of nitrogens with one attached hydrogen (secondary N) is 1. The van der Waals surface area contributed by atoms with Crippen molar-refractivity contribution in [3.05, 3.63) is 30.1 Å². The van der Waals surface area contributed by atoms with Gasteiger partial charge in [-0.25, -0.2) is 4.39 Å². The highest BCUT2D eigenvalue weighted by atomic mass is 19.1. The van der Waals surface area contributed by atoms with Crippen LogP contribution in [0.15, 0.2) is 24.3 Å². The summed E-state index contributed by atoms with van der Waals surface area (Å²) in [4.78, 5) is 11.7. The van der Waals surface area contributed by atoms with Gasteiger partial charge in [0.15, 0.2) is 18.2 Å². The molecule has 1 amide bonds. The first-order valence-electron chi connectivity index (χ1n) is 7.35. The van der Waals surface area contributed by atoms with Crippen LogP contribution in [0.4, 0.5) is 4.39 Å². The van der Waals surface area contributed by atoms with Crippen LogP contribution in [0.25, 0.3) is 0 Å². The molecule has 0 aliphatic heterocycles. The molecule has 0 heterocycles. The lowest BCUT2D eigenvalue weighted by Gasteiger charge is -2.35. The topological polar surface area (TPSA) is 58.6 Å². The van der Waals surface area contributed by atoms with Crippen LogP contribution in [0.2, 0.25) is 0 Å². The van der Waals surface area contributed by atoms with Crippen molar-refractivity contribution in [2.75, 3.05) is 13.2 Å². The van der Waals surface area contributed by atoms with Gasteiger partial charge in [-0.05, 0) is 30.9 Å². The molecule has 1 fully saturated rings. The molecule has 116 valence electrons. The lowest BCUT2D eigenvalue weighted by Crippen LogP contribution is -2.46. The highest BCUT2D eigenvalue weighted by Crippen LogP contribution is 2.31. The van der Waals surface area contributed by atoms with E-state index in [2.05, 4.69) is 12.2 Å². The number of carbonyl (C=O) groups is 1. The van der Waals surface area contributed by atoms with Gasteiger partial charge in [-0.2, -0.15) is 0 Å². The zero-order valence-corrected chi connectivity index (χ0v) is 12.3. The van der Waals surface area contributed by atoms with Gasteiger partial charge in [-0.3, -0.25) is 4.79 Å². The largest absolute Gasteiger partial charge is 0.481 e. The molecule has 0 bridgehead atoms. The van der Waals surface area contributed by atoms with Gasteiger partial charge >= 0.3 is 0 Å². The molecular weight excluding hydrogens is 273 g/mol. The number of benzene rings is 1. The Kier molecular flexibility index (Phi) is 5.17. The van der Waals surface area contributed by atoms with Gasteiger partial charge in [0.25, 0.3) is 5.91 Å². The Bertz CT molecular complexity index is 494. The molecule has 5 heteroatoms. The fourth-order valence-electron chi connectivity index (χ4n) is 2.81. The van der Waals surface area contributed by atoms with Gasteiger partial charge in [-0.15, -0.1) is 0 Å². The third-order valence-electron chi connectivity index (χ3n) is 3.88. The van der Waals surface area contributed by atoms with E-state index in [1.54, 1.807) is 12.1 Å². The standard InChI is InChI=1S/C16H22FNO3/c1-12-5-4-8-16(20,9-12)11-18-15(19)10-21-14-7-3-2-6-13(14)17/h2-3,6-7,12,20H,4-5,8-11H2,1H3,(H,18,19). The maximum Gasteiger partial charge on any atom is 0.258 e. The zero-order chi connectivity index (χ0) is 15.3. The summed E-state index contributed by atoms with van der Waals surface area (Å²) in [7, 11) is 0. The second-order valence-electron chi connectivity index (χ2n) is 5.92. The molecule has 0 radical (unpaired) electrons. The van der Waals surface area contributed by atoms with Crippen LogP contribution >= 0.6 is 0 Å².